The zero-order chi connectivity index (χ0) is 22.3. The highest BCUT2D eigenvalue weighted by molar-refractivity contribution is 7.17. The SMILES string of the molecule is Cc1cc(F)ccc1-n1c(=O)c2sccc2n(CC(=O)Nc2c(C)cccc2C)c1=O. The van der Waals surface area contributed by atoms with Gasteiger partial charge in [0, 0.05) is 5.69 Å². The van der Waals surface area contributed by atoms with Gasteiger partial charge in [-0.25, -0.2) is 13.8 Å². The molecule has 0 aliphatic rings. The Bertz CT molecular complexity index is 1430. The smallest absolute Gasteiger partial charge is 0.324 e. The maximum Gasteiger partial charge on any atom is 0.336 e. The van der Waals surface area contributed by atoms with Gasteiger partial charge in [-0.1, -0.05) is 18.2 Å². The average Bonchev–Trinajstić information content (AvgIpc) is 3.20. The first kappa shape index (κ1) is 20.7. The topological polar surface area (TPSA) is 73.1 Å². The number of rotatable bonds is 4. The third-order valence-electron chi connectivity index (χ3n) is 5.20. The molecule has 0 aliphatic carbocycles. The second kappa shape index (κ2) is 7.96. The molecule has 0 bridgehead atoms. The molecule has 1 amide bonds. The van der Waals surface area contributed by atoms with E-state index in [0.717, 1.165) is 15.7 Å². The second-order valence-electron chi connectivity index (χ2n) is 7.39. The highest BCUT2D eigenvalue weighted by atomic mass is 32.1. The van der Waals surface area contributed by atoms with Gasteiger partial charge in [0.2, 0.25) is 5.91 Å². The van der Waals surface area contributed by atoms with Gasteiger partial charge in [-0.15, -0.1) is 11.3 Å². The van der Waals surface area contributed by atoms with Crippen molar-refractivity contribution in [2.24, 2.45) is 0 Å². The molecule has 6 nitrogen and oxygen atoms in total. The van der Waals surface area contributed by atoms with E-state index in [9.17, 15) is 18.8 Å². The van der Waals surface area contributed by atoms with Gasteiger partial charge in [-0.2, -0.15) is 0 Å². The molecular weight excluding hydrogens is 417 g/mol. The van der Waals surface area contributed by atoms with Gasteiger partial charge in [0.15, 0.2) is 0 Å². The van der Waals surface area contributed by atoms with Crippen LogP contribution in [0.15, 0.2) is 57.4 Å². The standard InChI is InChI=1S/C23H20FN3O3S/c1-13-5-4-6-14(2)20(13)25-19(28)12-26-18-9-10-31-21(18)22(29)27(23(26)30)17-8-7-16(24)11-15(17)3/h4-11H,12H2,1-3H3,(H,25,28). The third-order valence-corrected chi connectivity index (χ3v) is 6.09. The number of nitrogens with zero attached hydrogens (tertiary/aromatic N) is 2. The number of carbonyl (C=O) groups is 1. The van der Waals surface area contributed by atoms with Crippen LogP contribution in [0.1, 0.15) is 16.7 Å². The fourth-order valence-electron chi connectivity index (χ4n) is 3.66. The van der Waals surface area contributed by atoms with Gasteiger partial charge in [-0.05, 0) is 67.1 Å². The first-order valence-corrected chi connectivity index (χ1v) is 10.5. The van der Waals surface area contributed by atoms with Crippen LogP contribution in [0, 0.1) is 26.6 Å². The Hall–Kier alpha value is -3.52. The number of carbonyl (C=O) groups excluding carboxylic acids is 1. The van der Waals surface area contributed by atoms with E-state index in [1.165, 1.54) is 34.1 Å². The number of hydrogen-bond donors (Lipinski definition) is 1. The van der Waals surface area contributed by atoms with Crippen molar-refractivity contribution in [3.8, 4) is 5.69 Å². The van der Waals surface area contributed by atoms with Gasteiger partial charge in [0.05, 0.1) is 11.2 Å². The molecule has 2 heterocycles. The van der Waals surface area contributed by atoms with Crippen molar-refractivity contribution >= 4 is 33.1 Å². The van der Waals surface area contributed by atoms with Gasteiger partial charge >= 0.3 is 5.69 Å². The molecule has 158 valence electrons. The molecule has 0 saturated carbocycles. The summed E-state index contributed by atoms with van der Waals surface area (Å²) in [4.78, 5) is 39.2. The highest BCUT2D eigenvalue weighted by Gasteiger charge is 2.19. The molecular formula is C23H20FN3O3S. The Labute approximate surface area is 181 Å². The number of anilines is 1. The van der Waals surface area contributed by atoms with E-state index in [1.807, 2.05) is 32.0 Å². The Morgan fingerprint density at radius 2 is 1.74 bits per heavy atom. The Morgan fingerprint density at radius 3 is 2.42 bits per heavy atom. The molecule has 31 heavy (non-hydrogen) atoms. The summed E-state index contributed by atoms with van der Waals surface area (Å²) in [6.07, 6.45) is 0. The zero-order valence-electron chi connectivity index (χ0n) is 17.2. The van der Waals surface area contributed by atoms with E-state index in [1.54, 1.807) is 18.4 Å². The number of para-hydroxylation sites is 1. The minimum atomic E-state index is -0.651. The van der Waals surface area contributed by atoms with Crippen molar-refractivity contribution in [3.63, 3.8) is 0 Å². The van der Waals surface area contributed by atoms with E-state index in [-0.39, 0.29) is 18.1 Å². The lowest BCUT2D eigenvalue weighted by Crippen LogP contribution is -2.40. The molecule has 0 radical (unpaired) electrons. The first-order chi connectivity index (χ1) is 14.8. The van der Waals surface area contributed by atoms with Crippen molar-refractivity contribution in [1.29, 1.82) is 0 Å². The van der Waals surface area contributed by atoms with Crippen molar-refractivity contribution in [2.75, 3.05) is 5.32 Å². The molecule has 0 atom stereocenters. The van der Waals surface area contributed by atoms with Crippen LogP contribution in [0.2, 0.25) is 0 Å². The minimum absolute atomic E-state index is 0.264. The van der Waals surface area contributed by atoms with Gasteiger partial charge in [0.1, 0.15) is 17.1 Å². The summed E-state index contributed by atoms with van der Waals surface area (Å²) < 4.78 is 16.2. The molecule has 2 aromatic heterocycles. The van der Waals surface area contributed by atoms with Crippen LogP contribution >= 0.6 is 11.3 Å². The third kappa shape index (κ3) is 3.70. The molecule has 0 fully saturated rings. The molecule has 4 rings (SSSR count). The number of aryl methyl sites for hydroxylation is 3. The van der Waals surface area contributed by atoms with Gasteiger partial charge in [-0.3, -0.25) is 14.2 Å². The molecule has 4 aromatic rings. The molecule has 0 saturated heterocycles. The van der Waals surface area contributed by atoms with E-state index in [2.05, 4.69) is 5.32 Å². The fourth-order valence-corrected chi connectivity index (χ4v) is 4.48. The number of amides is 1. The van der Waals surface area contributed by atoms with Crippen LogP contribution in [0.25, 0.3) is 15.9 Å². The quantitative estimate of drug-likeness (QED) is 0.526. The number of benzene rings is 2. The lowest BCUT2D eigenvalue weighted by molar-refractivity contribution is -0.116. The monoisotopic (exact) mass is 437 g/mol. The number of halogens is 1. The summed E-state index contributed by atoms with van der Waals surface area (Å²) in [6, 6.07) is 11.2. The fraction of sp³-hybridized carbons (Fsp3) is 0.174. The summed E-state index contributed by atoms with van der Waals surface area (Å²) in [6.45, 7) is 5.15. The number of aromatic nitrogens is 2. The van der Waals surface area contributed by atoms with E-state index < -0.39 is 17.1 Å². The van der Waals surface area contributed by atoms with Crippen LogP contribution in [-0.4, -0.2) is 15.0 Å². The summed E-state index contributed by atoms with van der Waals surface area (Å²) in [5.41, 5.74) is 2.51. The largest absolute Gasteiger partial charge is 0.336 e. The number of thiophene rings is 1. The molecule has 8 heteroatoms. The number of hydrogen-bond acceptors (Lipinski definition) is 4. The zero-order valence-corrected chi connectivity index (χ0v) is 18.0. The first-order valence-electron chi connectivity index (χ1n) is 9.63. The van der Waals surface area contributed by atoms with Crippen molar-refractivity contribution in [2.45, 2.75) is 27.3 Å². The minimum Gasteiger partial charge on any atom is -0.324 e. The molecule has 0 aliphatic heterocycles. The lowest BCUT2D eigenvalue weighted by atomic mass is 10.1. The van der Waals surface area contributed by atoms with E-state index in [4.69, 9.17) is 0 Å². The Balaban J connectivity index is 1.83. The Morgan fingerprint density at radius 1 is 1.03 bits per heavy atom. The Kier molecular flexibility index (Phi) is 5.32. The summed E-state index contributed by atoms with van der Waals surface area (Å²) in [5.74, 6) is -0.840. The summed E-state index contributed by atoms with van der Waals surface area (Å²) in [7, 11) is 0. The lowest BCUT2D eigenvalue weighted by Gasteiger charge is -2.15. The number of fused-ring (bicyclic) bond motifs is 1. The molecule has 0 spiro atoms. The highest BCUT2D eigenvalue weighted by Crippen LogP contribution is 2.21. The predicted octanol–water partition coefficient (Wildman–Crippen LogP) is 3.92. The van der Waals surface area contributed by atoms with Crippen molar-refractivity contribution < 1.29 is 9.18 Å². The predicted molar refractivity (Wildman–Crippen MR) is 121 cm³/mol. The molecule has 1 N–H and O–H groups in total. The molecule has 2 aromatic carbocycles. The maximum atomic E-state index is 13.6. The van der Waals surface area contributed by atoms with Crippen LogP contribution in [0.5, 0.6) is 0 Å². The second-order valence-corrected chi connectivity index (χ2v) is 8.31. The summed E-state index contributed by atoms with van der Waals surface area (Å²) >= 11 is 1.19. The average molecular weight is 437 g/mol. The van der Waals surface area contributed by atoms with Crippen LogP contribution < -0.4 is 16.6 Å². The normalized spacial score (nSPS) is 11.1. The van der Waals surface area contributed by atoms with E-state index >= 15 is 0 Å². The van der Waals surface area contributed by atoms with Crippen molar-refractivity contribution in [1.82, 2.24) is 9.13 Å². The van der Waals surface area contributed by atoms with Crippen LogP contribution in [-0.2, 0) is 11.3 Å². The molecule has 0 unspecified atom stereocenters. The van der Waals surface area contributed by atoms with Gasteiger partial charge in [0.25, 0.3) is 5.56 Å². The van der Waals surface area contributed by atoms with Crippen molar-refractivity contribution in [3.05, 3.63) is 91.2 Å². The van der Waals surface area contributed by atoms with Gasteiger partial charge < -0.3 is 5.32 Å². The summed E-state index contributed by atoms with van der Waals surface area (Å²) in [5, 5.41) is 4.57. The van der Waals surface area contributed by atoms with Crippen LogP contribution in [0.3, 0.4) is 0 Å². The van der Waals surface area contributed by atoms with Crippen LogP contribution in [0.4, 0.5) is 10.1 Å². The maximum absolute atomic E-state index is 13.6. The number of nitrogens with one attached hydrogen (secondary N) is 1. The van der Waals surface area contributed by atoms with E-state index in [0.29, 0.717) is 21.5 Å².